The van der Waals surface area contributed by atoms with Gasteiger partial charge in [-0.05, 0) is 42.0 Å². The summed E-state index contributed by atoms with van der Waals surface area (Å²) in [7, 11) is -4.28. The van der Waals surface area contributed by atoms with Gasteiger partial charge in [-0.3, -0.25) is 13.9 Å². The van der Waals surface area contributed by atoms with E-state index < -0.39 is 20.8 Å². The monoisotopic (exact) mass is 507 g/mol. The Bertz CT molecular complexity index is 1470. The maximum atomic E-state index is 13.8. The molecule has 0 spiro atoms. The fourth-order valence-electron chi connectivity index (χ4n) is 3.92. The van der Waals surface area contributed by atoms with Gasteiger partial charge in [-0.25, -0.2) is 8.42 Å². The third kappa shape index (κ3) is 4.84. The van der Waals surface area contributed by atoms with Crippen LogP contribution >= 0.6 is 11.6 Å². The van der Waals surface area contributed by atoms with Crippen molar-refractivity contribution in [1.29, 1.82) is 0 Å². The van der Waals surface area contributed by atoms with Crippen molar-refractivity contribution in [2.45, 2.75) is 6.92 Å². The van der Waals surface area contributed by atoms with Crippen molar-refractivity contribution in [3.63, 3.8) is 0 Å². The number of anilines is 3. The van der Waals surface area contributed by atoms with Gasteiger partial charge in [0.1, 0.15) is 0 Å². The highest BCUT2D eigenvalue weighted by Gasteiger charge is 2.41. The second-order valence-corrected chi connectivity index (χ2v) is 10.0. The summed E-state index contributed by atoms with van der Waals surface area (Å²) < 4.78 is 28.8. The predicted octanol–water partition coefficient (Wildman–Crippen LogP) is 5.03. The van der Waals surface area contributed by atoms with E-state index in [4.69, 9.17) is 11.6 Å². The van der Waals surface area contributed by atoms with Crippen molar-refractivity contribution >= 4 is 56.1 Å². The van der Waals surface area contributed by atoms with E-state index in [0.29, 0.717) is 33.2 Å². The van der Waals surface area contributed by atoms with Crippen molar-refractivity contribution in [2.24, 2.45) is 0 Å². The Labute approximate surface area is 208 Å². The van der Waals surface area contributed by atoms with Gasteiger partial charge in [-0.15, -0.1) is 6.58 Å². The molecule has 0 aromatic heterocycles. The maximum absolute atomic E-state index is 13.8. The lowest BCUT2D eigenvalue weighted by Gasteiger charge is -2.33. The number of sulfonamides is 1. The van der Waals surface area contributed by atoms with Crippen molar-refractivity contribution in [3.05, 3.63) is 107 Å². The van der Waals surface area contributed by atoms with Crippen LogP contribution in [0.2, 0.25) is 5.02 Å². The molecule has 9 heteroatoms. The fraction of sp³-hybridized carbons (Fsp3) is 0.0769. The number of hydrogen-bond donors (Lipinski definition) is 2. The van der Waals surface area contributed by atoms with Crippen LogP contribution in [0.25, 0.3) is 5.57 Å². The number of nitrogens with one attached hydrogen (secondary N) is 2. The Morgan fingerprint density at radius 1 is 0.971 bits per heavy atom. The lowest BCUT2D eigenvalue weighted by atomic mass is 9.95. The third-order valence-electron chi connectivity index (χ3n) is 5.28. The van der Waals surface area contributed by atoms with Crippen LogP contribution < -0.4 is 14.9 Å². The number of carbonyl (C=O) groups excluding carboxylic acids is 2. The van der Waals surface area contributed by atoms with Crippen LogP contribution in [-0.4, -0.2) is 26.8 Å². The quantitative estimate of drug-likeness (QED) is 0.457. The number of nitrogens with zero attached hydrogens (tertiary/aromatic N) is 1. The summed E-state index contributed by atoms with van der Waals surface area (Å²) in [5.74, 6) is -1.09. The molecule has 1 aliphatic rings. The van der Waals surface area contributed by atoms with Gasteiger partial charge in [0.25, 0.3) is 15.9 Å². The molecule has 0 aliphatic carbocycles. The lowest BCUT2D eigenvalue weighted by Crippen LogP contribution is -2.39. The summed E-state index contributed by atoms with van der Waals surface area (Å²) in [5.41, 5.74) is 2.50. The van der Waals surface area contributed by atoms with Crippen LogP contribution in [0.1, 0.15) is 18.1 Å². The molecule has 35 heavy (non-hydrogen) atoms. The topological polar surface area (TPSA) is 95.6 Å². The highest BCUT2D eigenvalue weighted by Crippen LogP contribution is 2.44. The van der Waals surface area contributed by atoms with Crippen molar-refractivity contribution in [3.8, 4) is 0 Å². The molecule has 7 nitrogen and oxygen atoms in total. The number of fused-ring (bicyclic) bond motifs is 1. The summed E-state index contributed by atoms with van der Waals surface area (Å²) in [6.07, 6.45) is 1.45. The summed E-state index contributed by atoms with van der Waals surface area (Å²) in [6.45, 7) is 5.01. The Morgan fingerprint density at radius 2 is 1.66 bits per heavy atom. The maximum Gasteiger partial charge on any atom is 0.270 e. The summed E-state index contributed by atoms with van der Waals surface area (Å²) in [4.78, 5) is 24.6. The SMILES string of the molecule is C=CCN1c2ccc(Cl)cc2C(c2ccccc2)=C(C(=O)Nc2cccc(NC(C)=O)c2)S1(=O)=O. The second kappa shape index (κ2) is 9.77. The Hall–Kier alpha value is -3.88. The molecule has 3 aromatic rings. The standard InChI is InChI=1S/C26H22ClN3O4S/c1-3-14-30-23-13-12-19(27)15-22(23)24(18-8-5-4-6-9-18)25(35(30,33)34)26(32)29-21-11-7-10-20(16-21)28-17(2)31/h3-13,15-16H,1,14H2,2H3,(H,28,31)(H,29,32). The van der Waals surface area contributed by atoms with Crippen LogP contribution in [0.3, 0.4) is 0 Å². The van der Waals surface area contributed by atoms with Gasteiger partial charge in [-0.2, -0.15) is 0 Å². The molecule has 1 aliphatic heterocycles. The van der Waals surface area contributed by atoms with Crippen molar-refractivity contribution in [2.75, 3.05) is 21.5 Å². The molecule has 1 heterocycles. The van der Waals surface area contributed by atoms with E-state index in [9.17, 15) is 18.0 Å². The number of benzene rings is 3. The van der Waals surface area contributed by atoms with Gasteiger partial charge in [-0.1, -0.05) is 54.1 Å². The average Bonchev–Trinajstić information content (AvgIpc) is 2.80. The van der Waals surface area contributed by atoms with E-state index in [1.165, 1.54) is 13.0 Å². The smallest absolute Gasteiger partial charge is 0.270 e. The molecule has 3 aromatic carbocycles. The molecule has 2 N–H and O–H groups in total. The van der Waals surface area contributed by atoms with Crippen LogP contribution in [0, 0.1) is 0 Å². The number of halogens is 1. The molecule has 0 saturated carbocycles. The molecule has 0 fully saturated rings. The number of carbonyl (C=O) groups is 2. The minimum atomic E-state index is -4.28. The molecule has 178 valence electrons. The zero-order valence-corrected chi connectivity index (χ0v) is 20.4. The van der Waals surface area contributed by atoms with Crippen LogP contribution in [0.5, 0.6) is 0 Å². The van der Waals surface area contributed by atoms with E-state index in [0.717, 1.165) is 4.31 Å². The van der Waals surface area contributed by atoms with E-state index in [1.54, 1.807) is 72.8 Å². The first-order valence-electron chi connectivity index (χ1n) is 10.6. The van der Waals surface area contributed by atoms with Gasteiger partial charge in [0, 0.05) is 34.5 Å². The van der Waals surface area contributed by atoms with Gasteiger partial charge < -0.3 is 10.6 Å². The number of hydrogen-bond acceptors (Lipinski definition) is 4. The zero-order valence-electron chi connectivity index (χ0n) is 18.8. The fourth-order valence-corrected chi connectivity index (χ4v) is 5.80. The average molecular weight is 508 g/mol. The normalized spacial score (nSPS) is 14.2. The van der Waals surface area contributed by atoms with Gasteiger partial charge >= 0.3 is 0 Å². The number of rotatable bonds is 6. The molecular formula is C26H22ClN3O4S. The summed E-state index contributed by atoms with van der Waals surface area (Å²) in [6, 6.07) is 20.1. The zero-order chi connectivity index (χ0) is 25.2. The van der Waals surface area contributed by atoms with Crippen LogP contribution in [0.15, 0.2) is 90.4 Å². The number of amides is 2. The third-order valence-corrected chi connectivity index (χ3v) is 7.34. The lowest BCUT2D eigenvalue weighted by molar-refractivity contribution is -0.114. The molecule has 0 bridgehead atoms. The van der Waals surface area contributed by atoms with E-state index in [-0.39, 0.29) is 18.0 Å². The van der Waals surface area contributed by atoms with E-state index >= 15 is 0 Å². The minimum Gasteiger partial charge on any atom is -0.326 e. The van der Waals surface area contributed by atoms with Crippen LogP contribution in [-0.2, 0) is 19.6 Å². The minimum absolute atomic E-state index is 0.0339. The first-order valence-corrected chi connectivity index (χ1v) is 12.5. The predicted molar refractivity (Wildman–Crippen MR) is 140 cm³/mol. The Morgan fingerprint density at radius 3 is 2.31 bits per heavy atom. The molecule has 0 radical (unpaired) electrons. The highest BCUT2D eigenvalue weighted by atomic mass is 35.5. The summed E-state index contributed by atoms with van der Waals surface area (Å²) in [5, 5.41) is 5.71. The molecule has 0 saturated heterocycles. The molecule has 0 atom stereocenters. The molecule has 2 amide bonds. The molecule has 4 rings (SSSR count). The highest BCUT2D eigenvalue weighted by molar-refractivity contribution is 7.97. The van der Waals surface area contributed by atoms with Gasteiger partial charge in [0.05, 0.1) is 12.2 Å². The molecule has 0 unspecified atom stereocenters. The van der Waals surface area contributed by atoms with E-state index in [2.05, 4.69) is 17.2 Å². The Kier molecular flexibility index (Phi) is 6.77. The second-order valence-electron chi connectivity index (χ2n) is 7.77. The van der Waals surface area contributed by atoms with Crippen LogP contribution in [0.4, 0.5) is 17.1 Å². The van der Waals surface area contributed by atoms with Crippen molar-refractivity contribution in [1.82, 2.24) is 0 Å². The molecular weight excluding hydrogens is 486 g/mol. The van der Waals surface area contributed by atoms with Crippen molar-refractivity contribution < 1.29 is 18.0 Å². The largest absolute Gasteiger partial charge is 0.326 e. The van der Waals surface area contributed by atoms with Gasteiger partial charge in [0.15, 0.2) is 4.91 Å². The first-order chi connectivity index (χ1) is 16.7. The van der Waals surface area contributed by atoms with Gasteiger partial charge in [0.2, 0.25) is 5.91 Å². The van der Waals surface area contributed by atoms with E-state index in [1.807, 2.05) is 0 Å². The first kappa shape index (κ1) is 24.3. The summed E-state index contributed by atoms with van der Waals surface area (Å²) >= 11 is 6.30. The Balaban J connectivity index is 1.93.